The number of likely N-dealkylation sites (tertiary alicyclic amines) is 2. The maximum atomic E-state index is 12.8. The van der Waals surface area contributed by atoms with Gasteiger partial charge < -0.3 is 4.90 Å². The lowest BCUT2D eigenvalue weighted by Crippen LogP contribution is -2.46. The summed E-state index contributed by atoms with van der Waals surface area (Å²) in [6, 6.07) is 0. The van der Waals surface area contributed by atoms with E-state index < -0.39 is 0 Å². The zero-order valence-corrected chi connectivity index (χ0v) is 16.1. The SMILES string of the molecule is C[C@H]1CCCN(C(=O)C2CCN(Cn3nnnc3C(C)(C)C)CC2)C1. The summed E-state index contributed by atoms with van der Waals surface area (Å²) in [5.74, 6) is 2.13. The van der Waals surface area contributed by atoms with Gasteiger partial charge >= 0.3 is 0 Å². The predicted octanol–water partition coefficient (Wildman–Crippen LogP) is 1.90. The molecule has 0 unspecified atom stereocenters. The van der Waals surface area contributed by atoms with Crippen LogP contribution in [0.3, 0.4) is 0 Å². The van der Waals surface area contributed by atoms with Crippen LogP contribution in [0.15, 0.2) is 0 Å². The maximum Gasteiger partial charge on any atom is 0.225 e. The number of tetrazole rings is 1. The number of hydrogen-bond acceptors (Lipinski definition) is 5. The van der Waals surface area contributed by atoms with Crippen LogP contribution in [0.5, 0.6) is 0 Å². The number of carbonyl (C=O) groups is 1. The van der Waals surface area contributed by atoms with Gasteiger partial charge in [-0.05, 0) is 42.0 Å². The van der Waals surface area contributed by atoms with Gasteiger partial charge in [-0.25, -0.2) is 4.68 Å². The first-order valence-corrected chi connectivity index (χ1v) is 9.62. The molecule has 2 saturated heterocycles. The van der Waals surface area contributed by atoms with Gasteiger partial charge in [0.2, 0.25) is 5.91 Å². The second-order valence-electron chi connectivity index (χ2n) is 8.82. The summed E-state index contributed by atoms with van der Waals surface area (Å²) < 4.78 is 1.90. The molecule has 0 aromatic carbocycles. The molecule has 0 N–H and O–H groups in total. The zero-order valence-electron chi connectivity index (χ0n) is 16.1. The highest BCUT2D eigenvalue weighted by Crippen LogP contribution is 2.24. The quantitative estimate of drug-likeness (QED) is 0.834. The highest BCUT2D eigenvalue weighted by molar-refractivity contribution is 5.79. The largest absolute Gasteiger partial charge is 0.342 e. The van der Waals surface area contributed by atoms with Gasteiger partial charge in [0.05, 0.1) is 6.67 Å². The van der Waals surface area contributed by atoms with E-state index in [-0.39, 0.29) is 11.3 Å². The number of piperidine rings is 2. The first-order valence-electron chi connectivity index (χ1n) is 9.62. The van der Waals surface area contributed by atoms with Crippen LogP contribution in [-0.2, 0) is 16.9 Å². The Morgan fingerprint density at radius 3 is 2.52 bits per heavy atom. The second-order valence-corrected chi connectivity index (χ2v) is 8.82. The van der Waals surface area contributed by atoms with Gasteiger partial charge in [0.15, 0.2) is 5.82 Å². The summed E-state index contributed by atoms with van der Waals surface area (Å²) in [6.45, 7) is 13.1. The van der Waals surface area contributed by atoms with E-state index in [4.69, 9.17) is 0 Å². The number of rotatable bonds is 3. The minimum Gasteiger partial charge on any atom is -0.342 e. The molecule has 0 saturated carbocycles. The maximum absolute atomic E-state index is 12.8. The Morgan fingerprint density at radius 2 is 1.88 bits per heavy atom. The molecule has 0 spiro atoms. The molecule has 1 atom stereocenters. The number of amides is 1. The Bertz CT molecular complexity index is 585. The van der Waals surface area contributed by atoms with Crippen molar-refractivity contribution in [1.29, 1.82) is 0 Å². The van der Waals surface area contributed by atoms with Crippen molar-refractivity contribution in [3.8, 4) is 0 Å². The fourth-order valence-electron chi connectivity index (χ4n) is 4.00. The number of nitrogens with zero attached hydrogens (tertiary/aromatic N) is 6. The van der Waals surface area contributed by atoms with Gasteiger partial charge in [-0.2, -0.15) is 0 Å². The van der Waals surface area contributed by atoms with E-state index in [2.05, 4.69) is 53.0 Å². The van der Waals surface area contributed by atoms with Crippen molar-refractivity contribution in [3.63, 3.8) is 0 Å². The predicted molar refractivity (Wildman–Crippen MR) is 95.8 cm³/mol. The summed E-state index contributed by atoms with van der Waals surface area (Å²) in [4.78, 5) is 17.2. The Kier molecular flexibility index (Phi) is 5.41. The Morgan fingerprint density at radius 1 is 1.16 bits per heavy atom. The van der Waals surface area contributed by atoms with Gasteiger partial charge in [-0.15, -0.1) is 5.10 Å². The van der Waals surface area contributed by atoms with E-state index in [1.54, 1.807) is 0 Å². The summed E-state index contributed by atoms with van der Waals surface area (Å²) in [7, 11) is 0. The van der Waals surface area contributed by atoms with Crippen LogP contribution in [0.4, 0.5) is 0 Å². The fourth-order valence-corrected chi connectivity index (χ4v) is 4.00. The summed E-state index contributed by atoms with van der Waals surface area (Å²) >= 11 is 0. The van der Waals surface area contributed by atoms with Crippen LogP contribution in [0, 0.1) is 11.8 Å². The van der Waals surface area contributed by atoms with Gasteiger partial charge in [0.25, 0.3) is 0 Å². The standard InChI is InChI=1S/C18H32N6O/c1-14-6-5-9-23(12-14)16(25)15-7-10-22(11-8-15)13-24-17(18(2,3)4)19-20-21-24/h14-15H,5-13H2,1-4H3/t14-/m0/s1. The van der Waals surface area contributed by atoms with Crippen LogP contribution in [0.2, 0.25) is 0 Å². The third kappa shape index (κ3) is 4.37. The van der Waals surface area contributed by atoms with Crippen molar-refractivity contribution in [2.75, 3.05) is 26.2 Å². The van der Waals surface area contributed by atoms with Crippen molar-refractivity contribution in [1.82, 2.24) is 30.0 Å². The molecule has 140 valence electrons. The lowest BCUT2D eigenvalue weighted by molar-refractivity contribution is -0.139. The van der Waals surface area contributed by atoms with Crippen LogP contribution < -0.4 is 0 Å². The summed E-state index contributed by atoms with van der Waals surface area (Å²) in [6.07, 6.45) is 4.29. The average molecular weight is 348 g/mol. The smallest absolute Gasteiger partial charge is 0.225 e. The topological polar surface area (TPSA) is 67.2 Å². The van der Waals surface area contributed by atoms with Gasteiger partial charge in [0, 0.05) is 37.5 Å². The summed E-state index contributed by atoms with van der Waals surface area (Å²) in [5.41, 5.74) is -0.0667. The molecule has 3 heterocycles. The molecular weight excluding hydrogens is 316 g/mol. The molecule has 1 amide bonds. The minimum absolute atomic E-state index is 0.0667. The highest BCUT2D eigenvalue weighted by Gasteiger charge is 2.31. The van der Waals surface area contributed by atoms with Crippen LogP contribution >= 0.6 is 0 Å². The molecular formula is C18H32N6O. The van der Waals surface area contributed by atoms with Gasteiger partial charge in [-0.3, -0.25) is 9.69 Å². The second kappa shape index (κ2) is 7.40. The zero-order chi connectivity index (χ0) is 18.0. The van der Waals surface area contributed by atoms with E-state index in [1.807, 2.05) is 4.68 Å². The van der Waals surface area contributed by atoms with Crippen LogP contribution in [-0.4, -0.2) is 62.1 Å². The van der Waals surface area contributed by atoms with Gasteiger partial charge in [0.1, 0.15) is 0 Å². The normalized spacial score (nSPS) is 23.8. The number of hydrogen-bond donors (Lipinski definition) is 0. The van der Waals surface area contributed by atoms with E-state index in [1.165, 1.54) is 6.42 Å². The van der Waals surface area contributed by atoms with Crippen molar-refractivity contribution >= 4 is 5.91 Å². The van der Waals surface area contributed by atoms with Gasteiger partial charge in [-0.1, -0.05) is 27.7 Å². The first kappa shape index (κ1) is 18.3. The molecule has 2 fully saturated rings. The fraction of sp³-hybridized carbons (Fsp3) is 0.889. The lowest BCUT2D eigenvalue weighted by atomic mass is 9.93. The monoisotopic (exact) mass is 348 g/mol. The molecule has 0 radical (unpaired) electrons. The molecule has 3 rings (SSSR count). The first-order chi connectivity index (χ1) is 11.8. The van der Waals surface area contributed by atoms with Crippen LogP contribution in [0.1, 0.15) is 59.2 Å². The molecule has 1 aromatic rings. The van der Waals surface area contributed by atoms with Crippen molar-refractivity contribution < 1.29 is 4.79 Å². The Labute approximate surface area is 150 Å². The molecule has 7 nitrogen and oxygen atoms in total. The van der Waals surface area contributed by atoms with Crippen molar-refractivity contribution in [3.05, 3.63) is 5.82 Å². The summed E-state index contributed by atoms with van der Waals surface area (Å²) in [5, 5.41) is 12.2. The molecule has 7 heteroatoms. The minimum atomic E-state index is -0.0667. The lowest BCUT2D eigenvalue weighted by Gasteiger charge is -2.37. The van der Waals surface area contributed by atoms with Crippen molar-refractivity contribution in [2.24, 2.45) is 11.8 Å². The highest BCUT2D eigenvalue weighted by atomic mass is 16.2. The molecule has 2 aliphatic heterocycles. The molecule has 0 aliphatic carbocycles. The molecule has 25 heavy (non-hydrogen) atoms. The number of carbonyl (C=O) groups excluding carboxylic acids is 1. The van der Waals surface area contributed by atoms with E-state index >= 15 is 0 Å². The van der Waals surface area contributed by atoms with E-state index in [0.29, 0.717) is 18.5 Å². The molecule has 2 aliphatic rings. The third-order valence-electron chi connectivity index (χ3n) is 5.44. The number of aromatic nitrogens is 4. The third-order valence-corrected chi connectivity index (χ3v) is 5.44. The average Bonchev–Trinajstić information content (AvgIpc) is 3.03. The Hall–Kier alpha value is -1.50. The van der Waals surface area contributed by atoms with Crippen LogP contribution in [0.25, 0.3) is 0 Å². The van der Waals surface area contributed by atoms with E-state index in [9.17, 15) is 4.79 Å². The molecule has 1 aromatic heterocycles. The van der Waals surface area contributed by atoms with E-state index in [0.717, 1.165) is 51.3 Å². The molecule has 0 bridgehead atoms. The van der Waals surface area contributed by atoms with Crippen molar-refractivity contribution in [2.45, 2.75) is 65.5 Å². The Balaban J connectivity index is 1.52.